The van der Waals surface area contributed by atoms with Crippen LogP contribution < -0.4 is 0 Å². The summed E-state index contributed by atoms with van der Waals surface area (Å²) in [6, 6.07) is 5.14. The van der Waals surface area contributed by atoms with E-state index in [0.717, 1.165) is 0 Å². The van der Waals surface area contributed by atoms with Crippen molar-refractivity contribution in [3.63, 3.8) is 0 Å². The van der Waals surface area contributed by atoms with Gasteiger partial charge < -0.3 is 4.42 Å². The molecule has 10 aromatic rings. The minimum atomic E-state index is -0.901. The topological polar surface area (TPSA) is 38.9 Å². The van der Waals surface area contributed by atoms with E-state index in [2.05, 4.69) is 0 Å². The van der Waals surface area contributed by atoms with Gasteiger partial charge in [-0.15, -0.1) is 0 Å². The monoisotopic (exact) mass is 669 g/mol. The van der Waals surface area contributed by atoms with Crippen molar-refractivity contribution in [2.24, 2.45) is 0 Å². The summed E-state index contributed by atoms with van der Waals surface area (Å²) in [5, 5.41) is -2.18. The maximum Gasteiger partial charge on any atom is 0.160 e. The highest BCUT2D eigenvalue weighted by atomic mass is 16.3. The minimum absolute atomic E-state index is 0.00445. The quantitative estimate of drug-likeness (QED) is 0.183. The van der Waals surface area contributed by atoms with Gasteiger partial charge in [0.15, 0.2) is 5.82 Å². The van der Waals surface area contributed by atoms with Crippen molar-refractivity contribution >= 4 is 43.5 Å². The predicted molar refractivity (Wildman–Crippen MR) is 212 cm³/mol. The zero-order valence-electron chi connectivity index (χ0n) is 45.2. The van der Waals surface area contributed by atoms with Gasteiger partial charge in [0.2, 0.25) is 0 Å². The number of hydrogen-bond donors (Lipinski definition) is 0. The Bertz CT molecular complexity index is 3900. The molecule has 0 saturated heterocycles. The second-order valence-electron chi connectivity index (χ2n) is 11.5. The van der Waals surface area contributed by atoms with E-state index in [-0.39, 0.29) is 38.6 Å². The van der Waals surface area contributed by atoms with Gasteiger partial charge in [-0.05, 0) is 62.4 Å². The number of fused-ring (bicyclic) bond motifs is 5. The fourth-order valence-electron chi connectivity index (χ4n) is 6.01. The number of rotatable bonds is 5. The molecule has 0 N–H and O–H groups in total. The summed E-state index contributed by atoms with van der Waals surface area (Å²) in [5.41, 5.74) is -1.92. The minimum Gasteiger partial charge on any atom is -0.455 e. The van der Waals surface area contributed by atoms with Crippen molar-refractivity contribution in [3.8, 4) is 56.2 Å². The van der Waals surface area contributed by atoms with Crippen molar-refractivity contribution in [1.29, 1.82) is 0 Å². The van der Waals surface area contributed by atoms with Crippen LogP contribution in [0.4, 0.5) is 0 Å². The van der Waals surface area contributed by atoms with Crippen LogP contribution in [0, 0.1) is 0 Å². The fourth-order valence-corrected chi connectivity index (χ4v) is 6.01. The average Bonchev–Trinajstić information content (AvgIpc) is 3.76. The van der Waals surface area contributed by atoms with E-state index in [1.54, 1.807) is 60.7 Å². The molecule has 51 heavy (non-hydrogen) atoms. The van der Waals surface area contributed by atoms with Crippen LogP contribution in [0.5, 0.6) is 0 Å². The normalized spacial score (nSPS) is 16.7. The summed E-state index contributed by atoms with van der Waals surface area (Å²) < 4.78 is 177. The smallest absolute Gasteiger partial charge is 0.160 e. The van der Waals surface area contributed by atoms with Gasteiger partial charge in [-0.3, -0.25) is 0 Å². The van der Waals surface area contributed by atoms with Crippen LogP contribution in [-0.2, 0) is 0 Å². The predicted octanol–water partition coefficient (Wildman–Crippen LogP) is 13.0. The van der Waals surface area contributed by atoms with Crippen molar-refractivity contribution in [2.75, 3.05) is 0 Å². The van der Waals surface area contributed by atoms with E-state index < -0.39 is 159 Å². The molecule has 0 bridgehead atoms. The summed E-state index contributed by atoms with van der Waals surface area (Å²) in [6.07, 6.45) is 0. The first-order valence-electron chi connectivity index (χ1n) is 25.2. The summed E-state index contributed by atoms with van der Waals surface area (Å²) in [5.74, 6) is 0.176. The molecule has 10 rings (SSSR count). The van der Waals surface area contributed by atoms with E-state index in [1.807, 2.05) is 0 Å². The molecule has 0 atom stereocenters. The second kappa shape index (κ2) is 11.9. The lowest BCUT2D eigenvalue weighted by Gasteiger charge is -2.12. The molecule has 8 aromatic carbocycles. The second-order valence-corrected chi connectivity index (χ2v) is 11.5. The van der Waals surface area contributed by atoms with E-state index in [0.29, 0.717) is 16.8 Å². The zero-order chi connectivity index (χ0) is 50.3. The van der Waals surface area contributed by atoms with Crippen LogP contribution in [-0.4, -0.2) is 9.97 Å². The largest absolute Gasteiger partial charge is 0.455 e. The van der Waals surface area contributed by atoms with Crippen LogP contribution in [0.2, 0.25) is 0 Å². The van der Waals surface area contributed by atoms with Crippen LogP contribution >= 0.6 is 0 Å². The Morgan fingerprint density at radius 1 is 0.451 bits per heavy atom. The molecule has 0 unspecified atom stereocenters. The average molecular weight is 670 g/mol. The molecule has 2 heterocycles. The van der Waals surface area contributed by atoms with Gasteiger partial charge in [0, 0.05) is 33.0 Å². The van der Waals surface area contributed by atoms with Gasteiger partial charge in [0.05, 0.1) is 37.4 Å². The van der Waals surface area contributed by atoms with Gasteiger partial charge in [-0.25, -0.2) is 9.97 Å². The number of benzene rings is 8. The number of nitrogens with zero attached hydrogens (tertiary/aromatic N) is 2. The van der Waals surface area contributed by atoms with Crippen molar-refractivity contribution in [3.05, 3.63) is 182 Å². The summed E-state index contributed by atoms with van der Waals surface area (Å²) in [7, 11) is 0. The van der Waals surface area contributed by atoms with Crippen molar-refractivity contribution in [2.45, 2.75) is 0 Å². The molecule has 0 fully saturated rings. The Kier molecular flexibility index (Phi) is 3.70. The molecule has 0 aliphatic heterocycles. The third-order valence-corrected chi connectivity index (χ3v) is 8.40. The molecule has 0 saturated carbocycles. The van der Waals surface area contributed by atoms with Crippen molar-refractivity contribution in [1.82, 2.24) is 9.97 Å². The Labute approximate surface area is 321 Å². The van der Waals surface area contributed by atoms with Crippen LogP contribution in [0.15, 0.2) is 186 Å². The van der Waals surface area contributed by atoms with Crippen LogP contribution in [0.3, 0.4) is 0 Å². The summed E-state index contributed by atoms with van der Waals surface area (Å²) in [6.45, 7) is 0. The maximum atomic E-state index is 9.79. The molecule has 0 aliphatic rings. The van der Waals surface area contributed by atoms with Crippen molar-refractivity contribution < 1.29 is 30.5 Å². The highest BCUT2D eigenvalue weighted by Gasteiger charge is 2.20. The first kappa shape index (κ1) is 15.8. The standard InChI is InChI=1S/C48H30N2O/c1-3-13-34(14-4-1)43-30-44(50-48(49-43)35-15-5-2-6-16-35)41-27-26-40(47-46(41)42-28-36-17-7-8-18-37(36)29-45(42)51-47)33-24-22-32(23-25-33)39-21-11-19-31-12-9-10-20-38(31)39/h1-30H/i7D,8D,9D,10D,11D,12D,17D,18D,19D,20D,21D,22D,23D,24D,25D,26D,27D,28D,29D. The summed E-state index contributed by atoms with van der Waals surface area (Å²) >= 11 is 0. The molecular weight excluding hydrogens is 621 g/mol. The van der Waals surface area contributed by atoms with Crippen LogP contribution in [0.1, 0.15) is 26.0 Å². The first-order chi connectivity index (χ1) is 33.2. The third kappa shape index (κ3) is 5.06. The van der Waals surface area contributed by atoms with Gasteiger partial charge in [0.25, 0.3) is 0 Å². The van der Waals surface area contributed by atoms with E-state index >= 15 is 0 Å². The number of furan rings is 1. The van der Waals surface area contributed by atoms with E-state index in [9.17, 15) is 11.0 Å². The molecular formula is C48H30N2O. The lowest BCUT2D eigenvalue weighted by Crippen LogP contribution is -1.96. The van der Waals surface area contributed by atoms with Gasteiger partial charge in [-0.2, -0.15) is 0 Å². The highest BCUT2D eigenvalue weighted by Crippen LogP contribution is 2.43. The highest BCUT2D eigenvalue weighted by molar-refractivity contribution is 6.18. The van der Waals surface area contributed by atoms with Gasteiger partial charge in [-0.1, -0.05) is 157 Å². The molecule has 0 spiro atoms. The van der Waals surface area contributed by atoms with E-state index in [1.165, 1.54) is 6.07 Å². The Hall–Kier alpha value is -6.84. The Morgan fingerprint density at radius 3 is 1.82 bits per heavy atom. The molecule has 0 aliphatic carbocycles. The molecule has 238 valence electrons. The lowest BCUT2D eigenvalue weighted by molar-refractivity contribution is 0.670. The molecule has 3 nitrogen and oxygen atoms in total. The fraction of sp³-hybridized carbons (Fsp3) is 0. The summed E-state index contributed by atoms with van der Waals surface area (Å²) in [4.78, 5) is 9.70. The van der Waals surface area contributed by atoms with Crippen LogP contribution in [0.25, 0.3) is 99.6 Å². The third-order valence-electron chi connectivity index (χ3n) is 8.40. The molecule has 0 amide bonds. The molecule has 2 aromatic heterocycles. The molecule has 0 radical (unpaired) electrons. The number of aromatic nitrogens is 2. The lowest BCUT2D eigenvalue weighted by atomic mass is 9.93. The van der Waals surface area contributed by atoms with Gasteiger partial charge >= 0.3 is 0 Å². The Morgan fingerprint density at radius 2 is 1.06 bits per heavy atom. The molecule has 3 heteroatoms. The van der Waals surface area contributed by atoms with E-state index in [4.69, 9.17) is 29.5 Å². The number of hydrogen-bond acceptors (Lipinski definition) is 3. The zero-order valence-corrected chi connectivity index (χ0v) is 26.2. The Balaban J connectivity index is 1.39. The maximum absolute atomic E-state index is 9.79. The SMILES string of the molecule is [2H]c1c([2H])c(-c2c([2H])c([2H])c([2H])c3c([2H])c([2H])c([2H])c([2H])c23)c([2H])c([2H])c1-c1c([2H])c([2H])c(-c2cc(-c3ccccc3)nc(-c3ccccc3)n2)c2c1oc1c([2H])c3c([2H])c([2H])c([2H])c([2H])c3c([2H])c12. The van der Waals surface area contributed by atoms with Gasteiger partial charge in [0.1, 0.15) is 11.2 Å². The first-order valence-corrected chi connectivity index (χ1v) is 15.7.